The first-order chi connectivity index (χ1) is 8.93. The number of hydrogen-bond donors (Lipinski definition) is 2. The highest BCUT2D eigenvalue weighted by molar-refractivity contribution is 6.37. The fourth-order valence-corrected chi connectivity index (χ4v) is 1.90. The van der Waals surface area contributed by atoms with Gasteiger partial charge < -0.3 is 15.8 Å². The maximum Gasteiger partial charge on any atom is 0.387 e. The Hall–Kier alpha value is -1.11. The standard InChI is InChI=1S/C11H12Cl2F2N2O2/c12-7-4-6(17-9(18)2-1-3-16)5-8(13)10(7)19-11(14)15/h4-5,11H,1-3,16H2,(H,17,18). The van der Waals surface area contributed by atoms with Crippen LogP contribution in [0.1, 0.15) is 12.8 Å². The molecule has 0 heterocycles. The molecule has 1 rings (SSSR count). The van der Waals surface area contributed by atoms with Crippen molar-refractivity contribution in [1.29, 1.82) is 0 Å². The van der Waals surface area contributed by atoms with Crippen LogP contribution in [0.4, 0.5) is 14.5 Å². The lowest BCUT2D eigenvalue weighted by Gasteiger charge is -2.11. The van der Waals surface area contributed by atoms with Crippen molar-refractivity contribution in [3.8, 4) is 5.75 Å². The predicted octanol–water partition coefficient (Wildman–Crippen LogP) is 3.27. The molecule has 0 aliphatic carbocycles. The number of halogens is 4. The summed E-state index contributed by atoms with van der Waals surface area (Å²) in [4.78, 5) is 11.5. The third kappa shape index (κ3) is 5.18. The molecule has 0 saturated carbocycles. The molecule has 0 saturated heterocycles. The zero-order valence-electron chi connectivity index (χ0n) is 9.76. The van der Waals surface area contributed by atoms with Crippen molar-refractivity contribution in [1.82, 2.24) is 0 Å². The number of nitrogens with one attached hydrogen (secondary N) is 1. The number of hydrogen-bond acceptors (Lipinski definition) is 3. The molecule has 0 fully saturated rings. The molecule has 0 unspecified atom stereocenters. The number of carbonyl (C=O) groups is 1. The van der Waals surface area contributed by atoms with Crippen molar-refractivity contribution in [2.45, 2.75) is 19.5 Å². The summed E-state index contributed by atoms with van der Waals surface area (Å²) in [5.74, 6) is -0.585. The first-order valence-corrected chi connectivity index (χ1v) is 6.13. The van der Waals surface area contributed by atoms with Crippen LogP contribution in [0.5, 0.6) is 5.75 Å². The molecule has 0 radical (unpaired) electrons. The van der Waals surface area contributed by atoms with Gasteiger partial charge in [-0.15, -0.1) is 0 Å². The Morgan fingerprint density at radius 2 is 1.95 bits per heavy atom. The lowest BCUT2D eigenvalue weighted by Crippen LogP contribution is -2.13. The fraction of sp³-hybridized carbons (Fsp3) is 0.364. The van der Waals surface area contributed by atoms with Gasteiger partial charge in [0.2, 0.25) is 5.91 Å². The third-order valence-corrected chi connectivity index (χ3v) is 2.66. The van der Waals surface area contributed by atoms with Gasteiger partial charge in [0.1, 0.15) is 0 Å². The van der Waals surface area contributed by atoms with Gasteiger partial charge in [-0.3, -0.25) is 4.79 Å². The molecular formula is C11H12Cl2F2N2O2. The molecule has 0 spiro atoms. The molecule has 0 aliphatic heterocycles. The molecule has 4 nitrogen and oxygen atoms in total. The van der Waals surface area contributed by atoms with E-state index in [1.54, 1.807) is 0 Å². The average molecular weight is 313 g/mol. The Morgan fingerprint density at radius 1 is 1.37 bits per heavy atom. The number of anilines is 1. The molecule has 0 atom stereocenters. The van der Waals surface area contributed by atoms with Crippen LogP contribution in [0.25, 0.3) is 0 Å². The smallest absolute Gasteiger partial charge is 0.387 e. The molecule has 3 N–H and O–H groups in total. The highest BCUT2D eigenvalue weighted by Gasteiger charge is 2.15. The second kappa shape index (κ2) is 7.47. The minimum Gasteiger partial charge on any atom is -0.432 e. The predicted molar refractivity (Wildman–Crippen MR) is 70.0 cm³/mol. The van der Waals surface area contributed by atoms with Crippen molar-refractivity contribution in [2.75, 3.05) is 11.9 Å². The molecule has 8 heteroatoms. The van der Waals surface area contributed by atoms with Gasteiger partial charge >= 0.3 is 6.61 Å². The van der Waals surface area contributed by atoms with Crippen LogP contribution in [0.2, 0.25) is 10.0 Å². The number of rotatable bonds is 6. The highest BCUT2D eigenvalue weighted by atomic mass is 35.5. The number of nitrogens with two attached hydrogens (primary N) is 1. The van der Waals surface area contributed by atoms with Crippen molar-refractivity contribution in [2.24, 2.45) is 5.73 Å². The summed E-state index contributed by atoms with van der Waals surface area (Å²) in [6, 6.07) is 2.57. The lowest BCUT2D eigenvalue weighted by molar-refractivity contribution is -0.116. The summed E-state index contributed by atoms with van der Waals surface area (Å²) in [7, 11) is 0. The number of benzene rings is 1. The van der Waals surface area contributed by atoms with E-state index in [9.17, 15) is 13.6 Å². The summed E-state index contributed by atoms with van der Waals surface area (Å²) in [5.41, 5.74) is 5.58. The van der Waals surface area contributed by atoms with Crippen LogP contribution < -0.4 is 15.8 Å². The van der Waals surface area contributed by atoms with E-state index in [2.05, 4.69) is 10.1 Å². The average Bonchev–Trinajstić information content (AvgIpc) is 2.31. The molecule has 0 bridgehead atoms. The van der Waals surface area contributed by atoms with Gasteiger partial charge in [-0.25, -0.2) is 0 Å². The van der Waals surface area contributed by atoms with E-state index in [1.807, 2.05) is 0 Å². The van der Waals surface area contributed by atoms with E-state index in [0.717, 1.165) is 0 Å². The molecule has 106 valence electrons. The molecular weight excluding hydrogens is 301 g/mol. The van der Waals surface area contributed by atoms with E-state index in [4.69, 9.17) is 28.9 Å². The topological polar surface area (TPSA) is 64.4 Å². The second-order valence-corrected chi connectivity index (χ2v) is 4.40. The van der Waals surface area contributed by atoms with Crippen LogP contribution in [0.3, 0.4) is 0 Å². The monoisotopic (exact) mass is 312 g/mol. The van der Waals surface area contributed by atoms with Gasteiger partial charge in [0, 0.05) is 12.1 Å². The summed E-state index contributed by atoms with van der Waals surface area (Å²) in [5, 5.41) is 2.31. The van der Waals surface area contributed by atoms with Crippen molar-refractivity contribution < 1.29 is 18.3 Å². The first kappa shape index (κ1) is 15.9. The SMILES string of the molecule is NCCCC(=O)Nc1cc(Cl)c(OC(F)F)c(Cl)c1. The van der Waals surface area contributed by atoms with Crippen molar-refractivity contribution in [3.05, 3.63) is 22.2 Å². The molecule has 1 aromatic carbocycles. The Bertz CT molecular complexity index is 435. The quantitative estimate of drug-likeness (QED) is 0.847. The van der Waals surface area contributed by atoms with E-state index in [-0.39, 0.29) is 28.1 Å². The second-order valence-electron chi connectivity index (χ2n) is 3.59. The number of ether oxygens (including phenoxy) is 1. The van der Waals surface area contributed by atoms with E-state index in [1.165, 1.54) is 12.1 Å². The number of amides is 1. The zero-order valence-corrected chi connectivity index (χ0v) is 11.3. The normalized spacial score (nSPS) is 10.6. The van der Waals surface area contributed by atoms with Gasteiger partial charge in [-0.2, -0.15) is 8.78 Å². The van der Waals surface area contributed by atoms with Crippen LogP contribution in [0, 0.1) is 0 Å². The van der Waals surface area contributed by atoms with Gasteiger partial charge in [-0.05, 0) is 25.1 Å². The zero-order chi connectivity index (χ0) is 14.4. The maximum absolute atomic E-state index is 12.1. The highest BCUT2D eigenvalue weighted by Crippen LogP contribution is 2.36. The van der Waals surface area contributed by atoms with Gasteiger partial charge in [-0.1, -0.05) is 23.2 Å². The Kier molecular flexibility index (Phi) is 6.27. The summed E-state index contributed by atoms with van der Waals surface area (Å²) < 4.78 is 28.4. The molecule has 0 aromatic heterocycles. The third-order valence-electron chi connectivity index (χ3n) is 2.10. The fourth-order valence-electron chi connectivity index (χ4n) is 1.32. The Balaban J connectivity index is 2.80. The minimum absolute atomic E-state index is 0.109. The molecule has 1 amide bonds. The lowest BCUT2D eigenvalue weighted by atomic mass is 10.2. The van der Waals surface area contributed by atoms with Gasteiger partial charge in [0.05, 0.1) is 10.0 Å². The van der Waals surface area contributed by atoms with Gasteiger partial charge in [0.25, 0.3) is 0 Å². The minimum atomic E-state index is -3.03. The largest absolute Gasteiger partial charge is 0.432 e. The summed E-state index contributed by atoms with van der Waals surface area (Å²) >= 11 is 11.5. The molecule has 19 heavy (non-hydrogen) atoms. The number of alkyl halides is 2. The van der Waals surface area contributed by atoms with Crippen molar-refractivity contribution in [3.63, 3.8) is 0 Å². The Morgan fingerprint density at radius 3 is 2.42 bits per heavy atom. The van der Waals surface area contributed by atoms with E-state index in [0.29, 0.717) is 18.7 Å². The number of carbonyl (C=O) groups excluding carboxylic acids is 1. The van der Waals surface area contributed by atoms with Crippen LogP contribution >= 0.6 is 23.2 Å². The maximum atomic E-state index is 12.1. The van der Waals surface area contributed by atoms with Crippen LogP contribution in [0.15, 0.2) is 12.1 Å². The first-order valence-electron chi connectivity index (χ1n) is 5.37. The van der Waals surface area contributed by atoms with E-state index < -0.39 is 6.61 Å². The van der Waals surface area contributed by atoms with Crippen molar-refractivity contribution >= 4 is 34.8 Å². The molecule has 1 aromatic rings. The van der Waals surface area contributed by atoms with Gasteiger partial charge in [0.15, 0.2) is 5.75 Å². The van der Waals surface area contributed by atoms with Crippen LogP contribution in [-0.2, 0) is 4.79 Å². The Labute approximate surface area is 118 Å². The van der Waals surface area contributed by atoms with E-state index >= 15 is 0 Å². The van der Waals surface area contributed by atoms with Crippen LogP contribution in [-0.4, -0.2) is 19.1 Å². The molecule has 0 aliphatic rings. The summed E-state index contributed by atoms with van der Waals surface area (Å²) in [6.07, 6.45) is 0.793. The summed E-state index contributed by atoms with van der Waals surface area (Å²) in [6.45, 7) is -2.63.